The Kier molecular flexibility index (Phi) is 4.00. The van der Waals surface area contributed by atoms with Gasteiger partial charge in [-0.3, -0.25) is 4.79 Å². The number of aromatic nitrogens is 2. The summed E-state index contributed by atoms with van der Waals surface area (Å²) >= 11 is 4.75. The van der Waals surface area contributed by atoms with Gasteiger partial charge >= 0.3 is 6.18 Å². The smallest absolute Gasteiger partial charge is 0.306 e. The molecule has 8 heteroatoms. The molecule has 0 saturated heterocycles. The third kappa shape index (κ3) is 3.16. The van der Waals surface area contributed by atoms with Crippen LogP contribution in [0.3, 0.4) is 0 Å². The third-order valence-electron chi connectivity index (χ3n) is 2.30. The molecule has 0 aliphatic heterocycles. The van der Waals surface area contributed by atoms with Crippen molar-refractivity contribution >= 4 is 38.5 Å². The molecule has 1 N–H and O–H groups in total. The van der Waals surface area contributed by atoms with Crippen molar-refractivity contribution in [3.8, 4) is 11.4 Å². The largest absolute Gasteiger partial charge is 0.417 e. The molecule has 0 atom stereocenters. The molecule has 0 unspecified atom stereocenters. The highest BCUT2D eigenvalue weighted by atomic mass is 127. The van der Waals surface area contributed by atoms with Gasteiger partial charge in [0.05, 0.1) is 9.13 Å². The maximum absolute atomic E-state index is 13.0. The van der Waals surface area contributed by atoms with Crippen LogP contribution in [-0.2, 0) is 6.18 Å². The molecular formula is C11H5BrF3IN2O. The van der Waals surface area contributed by atoms with Gasteiger partial charge in [0.25, 0.3) is 5.56 Å². The molecule has 3 nitrogen and oxygen atoms in total. The Balaban J connectivity index is 2.68. The van der Waals surface area contributed by atoms with Gasteiger partial charge in [-0.25, -0.2) is 4.98 Å². The molecule has 0 fully saturated rings. The number of nitrogens with zero attached hydrogens (tertiary/aromatic N) is 1. The summed E-state index contributed by atoms with van der Waals surface area (Å²) in [6.45, 7) is 0. The van der Waals surface area contributed by atoms with Crippen LogP contribution in [0.5, 0.6) is 0 Å². The second kappa shape index (κ2) is 5.23. The summed E-state index contributed by atoms with van der Waals surface area (Å²) in [6, 6.07) is 3.67. The second-order valence-corrected chi connectivity index (χ2v) is 5.67. The topological polar surface area (TPSA) is 45.8 Å². The molecule has 0 bridgehead atoms. The highest BCUT2D eigenvalue weighted by molar-refractivity contribution is 14.1. The van der Waals surface area contributed by atoms with Gasteiger partial charge in [-0.1, -0.05) is 15.9 Å². The molecule has 1 aromatic carbocycles. The summed E-state index contributed by atoms with van der Waals surface area (Å²) in [4.78, 5) is 17.6. The number of hydrogen-bond donors (Lipinski definition) is 1. The maximum atomic E-state index is 13.0. The summed E-state index contributed by atoms with van der Waals surface area (Å²) in [7, 11) is 0. The molecule has 0 aliphatic rings. The first kappa shape index (κ1) is 14.5. The van der Waals surface area contributed by atoms with Crippen molar-refractivity contribution in [2.24, 2.45) is 0 Å². The van der Waals surface area contributed by atoms with Crippen LogP contribution in [0.1, 0.15) is 5.56 Å². The number of aromatic amines is 1. The molecule has 0 radical (unpaired) electrons. The number of benzene rings is 1. The Labute approximate surface area is 127 Å². The van der Waals surface area contributed by atoms with Crippen molar-refractivity contribution in [3.05, 3.63) is 48.4 Å². The first-order valence-electron chi connectivity index (χ1n) is 4.91. The lowest BCUT2D eigenvalue weighted by Gasteiger charge is -2.12. The molecule has 2 rings (SSSR count). The quantitative estimate of drug-likeness (QED) is 0.679. The molecular weight excluding hydrogens is 440 g/mol. The van der Waals surface area contributed by atoms with Gasteiger partial charge in [0, 0.05) is 16.2 Å². The molecule has 100 valence electrons. The molecule has 2 aromatic rings. The van der Waals surface area contributed by atoms with Crippen molar-refractivity contribution in [1.29, 1.82) is 0 Å². The minimum Gasteiger partial charge on any atom is -0.306 e. The van der Waals surface area contributed by atoms with E-state index in [4.69, 9.17) is 0 Å². The lowest BCUT2D eigenvalue weighted by Crippen LogP contribution is -2.14. The SMILES string of the molecule is O=c1[nH]c(-c2ccc(Br)cc2C(F)(F)F)ncc1I. The molecule has 0 saturated carbocycles. The number of halogens is 5. The average molecular weight is 445 g/mol. The van der Waals surface area contributed by atoms with Crippen LogP contribution < -0.4 is 5.56 Å². The van der Waals surface area contributed by atoms with E-state index in [1.807, 2.05) is 0 Å². The highest BCUT2D eigenvalue weighted by Crippen LogP contribution is 2.37. The predicted molar refractivity (Wildman–Crippen MR) is 75.7 cm³/mol. The van der Waals surface area contributed by atoms with Gasteiger partial charge in [-0.05, 0) is 40.8 Å². The van der Waals surface area contributed by atoms with E-state index in [1.165, 1.54) is 18.3 Å². The van der Waals surface area contributed by atoms with E-state index in [-0.39, 0.29) is 11.4 Å². The zero-order chi connectivity index (χ0) is 14.2. The van der Waals surface area contributed by atoms with Gasteiger partial charge in [0.15, 0.2) is 0 Å². The first-order chi connectivity index (χ1) is 8.79. The van der Waals surface area contributed by atoms with E-state index in [9.17, 15) is 18.0 Å². The third-order valence-corrected chi connectivity index (χ3v) is 3.56. The van der Waals surface area contributed by atoms with E-state index in [1.54, 1.807) is 22.6 Å². The van der Waals surface area contributed by atoms with Crippen molar-refractivity contribution in [3.63, 3.8) is 0 Å². The molecule has 1 aromatic heterocycles. The van der Waals surface area contributed by atoms with Crippen molar-refractivity contribution < 1.29 is 13.2 Å². The minimum absolute atomic E-state index is 0.106. The van der Waals surface area contributed by atoms with Crippen LogP contribution in [-0.4, -0.2) is 9.97 Å². The van der Waals surface area contributed by atoms with Crippen molar-refractivity contribution in [2.75, 3.05) is 0 Å². The summed E-state index contributed by atoms with van der Waals surface area (Å²) in [5, 5.41) is 0. The zero-order valence-corrected chi connectivity index (χ0v) is 12.8. The van der Waals surface area contributed by atoms with Crippen molar-refractivity contribution in [2.45, 2.75) is 6.18 Å². The maximum Gasteiger partial charge on any atom is 0.417 e. The Hall–Kier alpha value is -0.900. The first-order valence-corrected chi connectivity index (χ1v) is 6.78. The van der Waals surface area contributed by atoms with Gasteiger partial charge in [0.2, 0.25) is 0 Å². The lowest BCUT2D eigenvalue weighted by molar-refractivity contribution is -0.137. The van der Waals surface area contributed by atoms with Gasteiger partial charge in [-0.15, -0.1) is 0 Å². The van der Waals surface area contributed by atoms with Crippen LogP contribution >= 0.6 is 38.5 Å². The van der Waals surface area contributed by atoms with Crippen LogP contribution in [0.2, 0.25) is 0 Å². The highest BCUT2D eigenvalue weighted by Gasteiger charge is 2.34. The Morgan fingerprint density at radius 1 is 1.32 bits per heavy atom. The van der Waals surface area contributed by atoms with E-state index < -0.39 is 17.3 Å². The number of hydrogen-bond acceptors (Lipinski definition) is 2. The molecule has 19 heavy (non-hydrogen) atoms. The van der Waals surface area contributed by atoms with E-state index in [0.717, 1.165) is 6.07 Å². The number of nitrogens with one attached hydrogen (secondary N) is 1. The standard InChI is InChI=1S/C11H5BrF3IN2O/c12-5-1-2-6(7(3-5)11(13,14)15)9-17-4-8(16)10(19)18-9/h1-4H,(H,17,18,19). The normalized spacial score (nSPS) is 11.6. The lowest BCUT2D eigenvalue weighted by atomic mass is 10.1. The Morgan fingerprint density at radius 3 is 2.58 bits per heavy atom. The monoisotopic (exact) mass is 444 g/mol. The molecule has 1 heterocycles. The number of rotatable bonds is 1. The van der Waals surface area contributed by atoms with Gasteiger partial charge in [0.1, 0.15) is 5.82 Å². The fourth-order valence-electron chi connectivity index (χ4n) is 1.47. The number of alkyl halides is 3. The second-order valence-electron chi connectivity index (χ2n) is 3.60. The van der Waals surface area contributed by atoms with Gasteiger partial charge < -0.3 is 4.98 Å². The van der Waals surface area contributed by atoms with Crippen LogP contribution in [0.4, 0.5) is 13.2 Å². The predicted octanol–water partition coefficient (Wildman–Crippen LogP) is 3.82. The van der Waals surface area contributed by atoms with Crippen LogP contribution in [0.25, 0.3) is 11.4 Å². The minimum atomic E-state index is -4.53. The zero-order valence-electron chi connectivity index (χ0n) is 9.05. The fraction of sp³-hybridized carbons (Fsp3) is 0.0909. The van der Waals surface area contributed by atoms with Crippen molar-refractivity contribution in [1.82, 2.24) is 9.97 Å². The molecule has 0 aliphatic carbocycles. The Bertz CT molecular complexity index is 684. The Morgan fingerprint density at radius 2 is 2.00 bits per heavy atom. The summed E-state index contributed by atoms with van der Waals surface area (Å²) in [5.41, 5.74) is -1.49. The summed E-state index contributed by atoms with van der Waals surface area (Å²) in [5.74, 6) is -0.106. The number of H-pyrrole nitrogens is 1. The van der Waals surface area contributed by atoms with Gasteiger partial charge in [-0.2, -0.15) is 13.2 Å². The summed E-state index contributed by atoms with van der Waals surface area (Å²) in [6.07, 6.45) is -3.29. The average Bonchev–Trinajstić information content (AvgIpc) is 2.32. The van der Waals surface area contributed by atoms with Crippen LogP contribution in [0.15, 0.2) is 33.7 Å². The molecule has 0 amide bonds. The summed E-state index contributed by atoms with van der Waals surface area (Å²) < 4.78 is 39.5. The van der Waals surface area contributed by atoms with E-state index in [2.05, 4.69) is 25.9 Å². The molecule has 0 spiro atoms. The fourth-order valence-corrected chi connectivity index (χ4v) is 2.11. The van der Waals surface area contributed by atoms with E-state index in [0.29, 0.717) is 8.04 Å². The van der Waals surface area contributed by atoms with E-state index >= 15 is 0 Å². The van der Waals surface area contributed by atoms with Crippen LogP contribution in [0, 0.1) is 3.57 Å².